The molecule has 0 heterocycles. The maximum absolute atomic E-state index is 12.1. The smallest absolute Gasteiger partial charge is 0.227 e. The van der Waals surface area contributed by atoms with Crippen LogP contribution in [0, 0.1) is 16.7 Å². The molecule has 2 fully saturated rings. The van der Waals surface area contributed by atoms with Gasteiger partial charge in [0.15, 0.2) is 0 Å². The van der Waals surface area contributed by atoms with Gasteiger partial charge < -0.3 is 10.6 Å². The van der Waals surface area contributed by atoms with E-state index in [1.54, 1.807) is 0 Å². The van der Waals surface area contributed by atoms with Gasteiger partial charge >= 0.3 is 0 Å². The zero-order valence-corrected chi connectivity index (χ0v) is 11.4. The molecule has 2 saturated carbocycles. The van der Waals surface area contributed by atoms with E-state index in [2.05, 4.69) is 24.5 Å². The Bertz CT molecular complexity index is 291. The van der Waals surface area contributed by atoms with Crippen molar-refractivity contribution in [3.05, 3.63) is 0 Å². The molecule has 2 N–H and O–H groups in total. The summed E-state index contributed by atoms with van der Waals surface area (Å²) in [5.74, 6) is 1.07. The second-order valence-corrected chi connectivity index (χ2v) is 6.61. The first-order valence-electron chi connectivity index (χ1n) is 6.93. The fourth-order valence-corrected chi connectivity index (χ4v) is 2.80. The van der Waals surface area contributed by atoms with E-state index in [-0.39, 0.29) is 16.7 Å². The second kappa shape index (κ2) is 4.60. The number of amides is 1. The Hall–Kier alpha value is -0.570. The molecule has 0 aliphatic heterocycles. The van der Waals surface area contributed by atoms with Crippen LogP contribution in [0.5, 0.6) is 0 Å². The highest BCUT2D eigenvalue weighted by atomic mass is 16.2. The third-order valence-corrected chi connectivity index (χ3v) is 4.77. The van der Waals surface area contributed by atoms with Crippen molar-refractivity contribution in [1.29, 1.82) is 0 Å². The second-order valence-electron chi connectivity index (χ2n) is 6.61. The highest BCUT2D eigenvalue weighted by Crippen LogP contribution is 2.46. The standard InChI is InChI=1S/C14H26N2O/c1-13(2,11-5-4-6-11)9-16-12(17)14(7-8-14)10-15-3/h11,15H,4-10H2,1-3H3,(H,16,17). The van der Waals surface area contributed by atoms with Gasteiger partial charge in [-0.2, -0.15) is 0 Å². The number of nitrogens with one attached hydrogen (secondary N) is 2. The number of hydrogen-bond donors (Lipinski definition) is 2. The van der Waals surface area contributed by atoms with Crippen molar-refractivity contribution in [2.45, 2.75) is 46.0 Å². The summed E-state index contributed by atoms with van der Waals surface area (Å²) in [7, 11) is 1.92. The highest BCUT2D eigenvalue weighted by molar-refractivity contribution is 5.85. The van der Waals surface area contributed by atoms with E-state index in [4.69, 9.17) is 0 Å². The molecule has 17 heavy (non-hydrogen) atoms. The van der Waals surface area contributed by atoms with E-state index in [0.29, 0.717) is 0 Å². The number of carbonyl (C=O) groups excluding carboxylic acids is 1. The Kier molecular flexibility index (Phi) is 3.48. The molecule has 2 aliphatic rings. The summed E-state index contributed by atoms with van der Waals surface area (Å²) in [5, 5.41) is 6.31. The SMILES string of the molecule is CNCC1(C(=O)NCC(C)(C)C2CCC2)CC1. The van der Waals surface area contributed by atoms with E-state index in [0.717, 1.165) is 31.8 Å². The van der Waals surface area contributed by atoms with Crippen LogP contribution in [0.1, 0.15) is 46.0 Å². The topological polar surface area (TPSA) is 41.1 Å². The van der Waals surface area contributed by atoms with E-state index in [1.807, 2.05) is 7.05 Å². The van der Waals surface area contributed by atoms with Gasteiger partial charge in [-0.1, -0.05) is 20.3 Å². The number of rotatable bonds is 6. The van der Waals surface area contributed by atoms with Crippen LogP contribution in [0.3, 0.4) is 0 Å². The predicted molar refractivity (Wildman–Crippen MR) is 69.7 cm³/mol. The van der Waals surface area contributed by atoms with Gasteiger partial charge in [-0.05, 0) is 44.1 Å². The lowest BCUT2D eigenvalue weighted by Crippen LogP contribution is -2.45. The molecular formula is C14H26N2O. The van der Waals surface area contributed by atoms with Crippen LogP contribution < -0.4 is 10.6 Å². The zero-order valence-electron chi connectivity index (χ0n) is 11.4. The zero-order chi connectivity index (χ0) is 12.5. The summed E-state index contributed by atoms with van der Waals surface area (Å²) < 4.78 is 0. The van der Waals surface area contributed by atoms with Crippen LogP contribution >= 0.6 is 0 Å². The summed E-state index contributed by atoms with van der Waals surface area (Å²) in [6.07, 6.45) is 6.13. The van der Waals surface area contributed by atoms with Crippen molar-refractivity contribution in [2.75, 3.05) is 20.1 Å². The average molecular weight is 238 g/mol. The highest BCUT2D eigenvalue weighted by Gasteiger charge is 2.49. The third kappa shape index (κ3) is 2.65. The summed E-state index contributed by atoms with van der Waals surface area (Å²) in [6, 6.07) is 0. The van der Waals surface area contributed by atoms with Gasteiger partial charge in [0.25, 0.3) is 0 Å². The molecule has 0 aromatic rings. The first-order chi connectivity index (χ1) is 8.00. The molecule has 0 spiro atoms. The Morgan fingerprint density at radius 2 is 2.00 bits per heavy atom. The third-order valence-electron chi connectivity index (χ3n) is 4.77. The maximum Gasteiger partial charge on any atom is 0.227 e. The van der Waals surface area contributed by atoms with Gasteiger partial charge in [-0.15, -0.1) is 0 Å². The van der Waals surface area contributed by atoms with Crippen LogP contribution in [0.4, 0.5) is 0 Å². The van der Waals surface area contributed by atoms with Crippen molar-refractivity contribution in [3.63, 3.8) is 0 Å². The Morgan fingerprint density at radius 1 is 1.35 bits per heavy atom. The molecule has 0 aromatic heterocycles. The van der Waals surface area contributed by atoms with E-state index in [9.17, 15) is 4.79 Å². The van der Waals surface area contributed by atoms with Crippen molar-refractivity contribution in [1.82, 2.24) is 10.6 Å². The lowest BCUT2D eigenvalue weighted by Gasteiger charge is -2.40. The maximum atomic E-state index is 12.1. The largest absolute Gasteiger partial charge is 0.355 e. The first-order valence-corrected chi connectivity index (χ1v) is 6.93. The van der Waals surface area contributed by atoms with Gasteiger partial charge in [0.1, 0.15) is 0 Å². The summed E-state index contributed by atoms with van der Waals surface area (Å²) in [6.45, 7) is 6.23. The number of hydrogen-bond acceptors (Lipinski definition) is 2. The van der Waals surface area contributed by atoms with Gasteiger partial charge in [-0.25, -0.2) is 0 Å². The Labute approximate surface area is 105 Å². The minimum Gasteiger partial charge on any atom is -0.355 e. The molecule has 2 rings (SSSR count). The molecule has 0 aromatic carbocycles. The minimum atomic E-state index is -0.0789. The fourth-order valence-electron chi connectivity index (χ4n) is 2.80. The predicted octanol–water partition coefficient (Wildman–Crippen LogP) is 1.93. The molecule has 3 nitrogen and oxygen atoms in total. The van der Waals surface area contributed by atoms with E-state index >= 15 is 0 Å². The van der Waals surface area contributed by atoms with Crippen LogP contribution in [0.25, 0.3) is 0 Å². The molecule has 2 aliphatic carbocycles. The van der Waals surface area contributed by atoms with E-state index < -0.39 is 0 Å². The van der Waals surface area contributed by atoms with Crippen molar-refractivity contribution >= 4 is 5.91 Å². The molecule has 0 radical (unpaired) electrons. The van der Waals surface area contributed by atoms with Gasteiger partial charge in [0.2, 0.25) is 5.91 Å². The monoisotopic (exact) mass is 238 g/mol. The lowest BCUT2D eigenvalue weighted by molar-refractivity contribution is -0.126. The van der Waals surface area contributed by atoms with Gasteiger partial charge in [-0.3, -0.25) is 4.79 Å². The molecule has 3 heteroatoms. The minimum absolute atomic E-state index is 0.0789. The molecule has 1 amide bonds. The summed E-state index contributed by atoms with van der Waals surface area (Å²) >= 11 is 0. The van der Waals surface area contributed by atoms with Crippen LogP contribution in [0.2, 0.25) is 0 Å². The Morgan fingerprint density at radius 3 is 2.41 bits per heavy atom. The van der Waals surface area contributed by atoms with Crippen LogP contribution in [-0.2, 0) is 4.79 Å². The molecule has 98 valence electrons. The average Bonchev–Trinajstić information content (AvgIpc) is 2.92. The summed E-state index contributed by atoms with van der Waals surface area (Å²) in [4.78, 5) is 12.1. The van der Waals surface area contributed by atoms with Crippen molar-refractivity contribution in [3.8, 4) is 0 Å². The molecule has 0 unspecified atom stereocenters. The lowest BCUT2D eigenvalue weighted by atomic mass is 9.67. The molecule has 0 bridgehead atoms. The van der Waals surface area contributed by atoms with Gasteiger partial charge in [0, 0.05) is 13.1 Å². The fraction of sp³-hybridized carbons (Fsp3) is 0.929. The summed E-state index contributed by atoms with van der Waals surface area (Å²) in [5.41, 5.74) is 0.189. The van der Waals surface area contributed by atoms with Crippen LogP contribution in [-0.4, -0.2) is 26.0 Å². The number of carbonyl (C=O) groups is 1. The first kappa shape index (κ1) is 12.9. The van der Waals surface area contributed by atoms with Crippen LogP contribution in [0.15, 0.2) is 0 Å². The molecular weight excluding hydrogens is 212 g/mol. The van der Waals surface area contributed by atoms with E-state index in [1.165, 1.54) is 19.3 Å². The van der Waals surface area contributed by atoms with Crippen molar-refractivity contribution < 1.29 is 4.79 Å². The van der Waals surface area contributed by atoms with Crippen molar-refractivity contribution in [2.24, 2.45) is 16.7 Å². The normalized spacial score (nSPS) is 23.0. The Balaban J connectivity index is 1.79. The quantitative estimate of drug-likeness (QED) is 0.742. The molecule has 0 atom stereocenters. The molecule has 0 saturated heterocycles. The van der Waals surface area contributed by atoms with Gasteiger partial charge in [0.05, 0.1) is 5.41 Å².